The molecule has 1 aromatic rings. The molecule has 1 unspecified atom stereocenters. The Morgan fingerprint density at radius 3 is 2.34 bits per heavy atom. The summed E-state index contributed by atoms with van der Waals surface area (Å²) in [7, 11) is 0. The number of likely N-dealkylation sites (tertiary alicyclic amines) is 3. The highest BCUT2D eigenvalue weighted by molar-refractivity contribution is 6.31. The van der Waals surface area contributed by atoms with E-state index < -0.39 is 29.9 Å². The van der Waals surface area contributed by atoms with Crippen LogP contribution in [-0.2, 0) is 16.1 Å². The molecule has 3 aliphatic heterocycles. The zero-order valence-electron chi connectivity index (χ0n) is 21.3. The number of hydrogen-bond donors (Lipinski definition) is 1. The van der Waals surface area contributed by atoms with E-state index in [2.05, 4.69) is 9.64 Å². The van der Waals surface area contributed by atoms with Crippen LogP contribution in [-0.4, -0.2) is 88.3 Å². The summed E-state index contributed by atoms with van der Waals surface area (Å²) in [5, 5.41) is 9.66. The van der Waals surface area contributed by atoms with Gasteiger partial charge in [0, 0.05) is 42.3 Å². The quantitative estimate of drug-likeness (QED) is 0.558. The minimum Gasteiger partial charge on any atom is -0.481 e. The highest BCUT2D eigenvalue weighted by Gasteiger charge is 2.47. The molecule has 0 saturated carbocycles. The van der Waals surface area contributed by atoms with E-state index in [4.69, 9.17) is 11.6 Å². The maximum absolute atomic E-state index is 13.7. The van der Waals surface area contributed by atoms with E-state index in [0.29, 0.717) is 62.4 Å². The Morgan fingerprint density at radius 1 is 1.08 bits per heavy atom. The average Bonchev–Trinajstić information content (AvgIpc) is 3.26. The molecule has 210 valence electrons. The molecule has 1 atom stereocenters. The number of amides is 2. The van der Waals surface area contributed by atoms with E-state index >= 15 is 0 Å². The Hall–Kier alpha value is -2.53. The molecule has 0 bridgehead atoms. The van der Waals surface area contributed by atoms with Crippen LogP contribution in [0.3, 0.4) is 0 Å². The van der Waals surface area contributed by atoms with Crippen LogP contribution in [0.5, 0.6) is 0 Å². The standard InChI is InChI=1S/C26H33ClF3N3O5/c1-17(26(28,29)30)38-24(37)32-11-6-25(7-12-32)5-2-8-33(25)22(34)20-13-18(14-21(27)15-20)16-31-9-3-19(4-10-31)23(35)36/h13-15,17,19H,2-12,16H2,1H3,(H,35,36). The van der Waals surface area contributed by atoms with Crippen molar-refractivity contribution in [1.82, 2.24) is 14.7 Å². The van der Waals surface area contributed by atoms with E-state index in [1.807, 2.05) is 17.0 Å². The van der Waals surface area contributed by atoms with Crippen LogP contribution >= 0.6 is 11.6 Å². The molecule has 2 amide bonds. The molecule has 1 aromatic carbocycles. The van der Waals surface area contributed by atoms with Crippen LogP contribution in [0.2, 0.25) is 5.02 Å². The van der Waals surface area contributed by atoms with Gasteiger partial charge in [-0.3, -0.25) is 14.5 Å². The van der Waals surface area contributed by atoms with Crippen molar-refractivity contribution in [3.63, 3.8) is 0 Å². The highest BCUT2D eigenvalue weighted by Crippen LogP contribution is 2.40. The first kappa shape index (κ1) is 28.5. The summed E-state index contributed by atoms with van der Waals surface area (Å²) in [6.07, 6.45) is -4.16. The predicted molar refractivity (Wildman–Crippen MR) is 133 cm³/mol. The molecular weight excluding hydrogens is 527 g/mol. The topological polar surface area (TPSA) is 90.4 Å². The molecular formula is C26H33ClF3N3O5. The predicted octanol–water partition coefficient (Wildman–Crippen LogP) is 4.79. The normalized spacial score (nSPS) is 21.5. The van der Waals surface area contributed by atoms with Gasteiger partial charge in [0.2, 0.25) is 0 Å². The molecule has 1 N–H and O–H groups in total. The fraction of sp³-hybridized carbons (Fsp3) is 0.654. The number of carbonyl (C=O) groups excluding carboxylic acids is 2. The van der Waals surface area contributed by atoms with Crippen molar-refractivity contribution in [2.45, 2.75) is 69.8 Å². The summed E-state index contributed by atoms with van der Waals surface area (Å²) in [5.41, 5.74) is 0.874. The number of carbonyl (C=O) groups is 3. The summed E-state index contributed by atoms with van der Waals surface area (Å²) >= 11 is 6.38. The molecule has 8 nitrogen and oxygen atoms in total. The Morgan fingerprint density at radius 2 is 1.74 bits per heavy atom. The third kappa shape index (κ3) is 6.36. The van der Waals surface area contributed by atoms with Gasteiger partial charge in [-0.05, 0) is 82.3 Å². The fourth-order valence-electron chi connectivity index (χ4n) is 5.79. The van der Waals surface area contributed by atoms with Crippen LogP contribution in [0.4, 0.5) is 18.0 Å². The maximum Gasteiger partial charge on any atom is 0.425 e. The van der Waals surface area contributed by atoms with Gasteiger partial charge in [0.15, 0.2) is 6.10 Å². The Balaban J connectivity index is 1.39. The third-order valence-electron chi connectivity index (χ3n) is 8.08. The summed E-state index contributed by atoms with van der Waals surface area (Å²) in [4.78, 5) is 42.4. The van der Waals surface area contributed by atoms with Crippen molar-refractivity contribution >= 4 is 29.6 Å². The first-order valence-electron chi connectivity index (χ1n) is 13.0. The minimum atomic E-state index is -4.62. The number of alkyl halides is 3. The van der Waals surface area contributed by atoms with Gasteiger partial charge in [0.1, 0.15) is 0 Å². The number of halogens is 4. The number of aliphatic carboxylic acids is 1. The van der Waals surface area contributed by atoms with Gasteiger partial charge in [-0.1, -0.05) is 11.6 Å². The van der Waals surface area contributed by atoms with E-state index in [1.165, 1.54) is 4.90 Å². The van der Waals surface area contributed by atoms with Gasteiger partial charge in [-0.15, -0.1) is 0 Å². The largest absolute Gasteiger partial charge is 0.481 e. The van der Waals surface area contributed by atoms with Crippen LogP contribution in [0, 0.1) is 5.92 Å². The Kier molecular flexibility index (Phi) is 8.46. The van der Waals surface area contributed by atoms with E-state index in [9.17, 15) is 32.7 Å². The van der Waals surface area contributed by atoms with Crippen molar-refractivity contribution in [3.05, 3.63) is 34.3 Å². The molecule has 3 fully saturated rings. The van der Waals surface area contributed by atoms with Gasteiger partial charge >= 0.3 is 18.2 Å². The number of hydrogen-bond acceptors (Lipinski definition) is 5. The Bertz CT molecular complexity index is 1050. The number of carboxylic acid groups (broad SMARTS) is 1. The van der Waals surface area contributed by atoms with Gasteiger partial charge in [-0.25, -0.2) is 4.79 Å². The number of ether oxygens (including phenoxy) is 1. The van der Waals surface area contributed by atoms with E-state index in [0.717, 1.165) is 25.3 Å². The lowest BCUT2D eigenvalue weighted by atomic mass is 9.84. The Labute approximate surface area is 224 Å². The van der Waals surface area contributed by atoms with Crippen LogP contribution < -0.4 is 0 Å². The number of benzene rings is 1. The second-order valence-electron chi connectivity index (χ2n) is 10.6. The summed E-state index contributed by atoms with van der Waals surface area (Å²) < 4.78 is 42.9. The molecule has 3 heterocycles. The number of rotatable bonds is 5. The molecule has 38 heavy (non-hydrogen) atoms. The highest BCUT2D eigenvalue weighted by atomic mass is 35.5. The molecule has 0 radical (unpaired) electrons. The summed E-state index contributed by atoms with van der Waals surface area (Å²) in [6, 6.07) is 5.28. The molecule has 0 aliphatic carbocycles. The van der Waals surface area contributed by atoms with Gasteiger partial charge < -0.3 is 19.6 Å². The lowest BCUT2D eigenvalue weighted by molar-refractivity contribution is -0.200. The second kappa shape index (κ2) is 11.3. The smallest absolute Gasteiger partial charge is 0.425 e. The average molecular weight is 560 g/mol. The first-order chi connectivity index (χ1) is 17.9. The van der Waals surface area contributed by atoms with Crippen molar-refractivity contribution in [2.24, 2.45) is 5.92 Å². The fourth-order valence-corrected chi connectivity index (χ4v) is 6.05. The maximum atomic E-state index is 13.7. The van der Waals surface area contributed by atoms with E-state index in [1.54, 1.807) is 6.07 Å². The lowest BCUT2D eigenvalue weighted by Crippen LogP contribution is -2.55. The van der Waals surface area contributed by atoms with Crippen molar-refractivity contribution in [2.75, 3.05) is 32.7 Å². The SMILES string of the molecule is CC(OC(=O)N1CCC2(CCCN2C(=O)c2cc(Cl)cc(CN3CCC(C(=O)O)CC3)c2)CC1)C(F)(F)F. The summed E-state index contributed by atoms with van der Waals surface area (Å²) in [6.45, 7) is 3.65. The molecule has 0 aromatic heterocycles. The molecule has 1 spiro atoms. The van der Waals surface area contributed by atoms with Crippen molar-refractivity contribution in [1.29, 1.82) is 0 Å². The van der Waals surface area contributed by atoms with Gasteiger partial charge in [-0.2, -0.15) is 13.2 Å². The molecule has 12 heteroatoms. The molecule has 3 saturated heterocycles. The van der Waals surface area contributed by atoms with Crippen molar-refractivity contribution < 1.29 is 37.4 Å². The first-order valence-corrected chi connectivity index (χ1v) is 13.3. The van der Waals surface area contributed by atoms with Crippen LogP contribution in [0.1, 0.15) is 61.4 Å². The lowest BCUT2D eigenvalue weighted by Gasteiger charge is -2.44. The number of piperidine rings is 2. The molecule has 4 rings (SSSR count). The monoisotopic (exact) mass is 559 g/mol. The van der Waals surface area contributed by atoms with Crippen LogP contribution in [0.25, 0.3) is 0 Å². The third-order valence-corrected chi connectivity index (χ3v) is 8.30. The zero-order valence-corrected chi connectivity index (χ0v) is 22.1. The van der Waals surface area contributed by atoms with Crippen molar-refractivity contribution in [3.8, 4) is 0 Å². The van der Waals surface area contributed by atoms with Gasteiger partial charge in [0.25, 0.3) is 5.91 Å². The number of carboxylic acids is 1. The molecule has 3 aliphatic rings. The van der Waals surface area contributed by atoms with Gasteiger partial charge in [0.05, 0.1) is 5.92 Å². The van der Waals surface area contributed by atoms with E-state index in [-0.39, 0.29) is 24.9 Å². The summed E-state index contributed by atoms with van der Waals surface area (Å²) in [5.74, 6) is -1.24. The number of nitrogens with zero attached hydrogens (tertiary/aromatic N) is 3. The van der Waals surface area contributed by atoms with Crippen LogP contribution in [0.15, 0.2) is 18.2 Å². The zero-order chi connectivity index (χ0) is 27.7. The minimum absolute atomic E-state index is 0.155. The second-order valence-corrected chi connectivity index (χ2v) is 11.0.